The van der Waals surface area contributed by atoms with Crippen molar-refractivity contribution in [3.63, 3.8) is 0 Å². The summed E-state index contributed by atoms with van der Waals surface area (Å²) in [4.78, 5) is 26.8. The second-order valence-electron chi connectivity index (χ2n) is 8.44. The number of para-hydroxylation sites is 1. The van der Waals surface area contributed by atoms with Crippen molar-refractivity contribution in [1.29, 1.82) is 0 Å². The first-order valence-corrected chi connectivity index (χ1v) is 11.3. The quantitative estimate of drug-likeness (QED) is 0.661. The number of aryl methyl sites for hydroxylation is 2. The lowest BCUT2D eigenvalue weighted by Gasteiger charge is -2.32. The lowest BCUT2D eigenvalue weighted by Crippen LogP contribution is -2.46. The number of rotatable bonds is 5. The van der Waals surface area contributed by atoms with Gasteiger partial charge in [0.2, 0.25) is 5.91 Å². The number of nitrogens with zero attached hydrogens (tertiary/aromatic N) is 3. The van der Waals surface area contributed by atoms with Crippen LogP contribution in [-0.2, 0) is 11.2 Å². The summed E-state index contributed by atoms with van der Waals surface area (Å²) >= 11 is 0. The van der Waals surface area contributed by atoms with Crippen LogP contribution < -0.4 is 5.32 Å². The topological polar surface area (TPSA) is 67.2 Å². The standard InChI is InChI=1S/C26H30N4O2/c1-4-20-9-11-21(12-10-20)25-23(17-30(28-25)24-8-6-5-7-18(24)2)26(32)29-15-13-22(14-16-29)27-19(3)31/h5-12,17,22H,4,13-16H2,1-3H3,(H,27,31). The summed E-state index contributed by atoms with van der Waals surface area (Å²) in [6.45, 7) is 6.94. The van der Waals surface area contributed by atoms with Crippen LogP contribution in [0.4, 0.5) is 0 Å². The Hall–Kier alpha value is -3.41. The molecule has 1 saturated heterocycles. The molecule has 0 atom stereocenters. The number of amides is 2. The maximum absolute atomic E-state index is 13.6. The van der Waals surface area contributed by atoms with E-state index in [9.17, 15) is 9.59 Å². The molecule has 4 rings (SSSR count). The minimum Gasteiger partial charge on any atom is -0.353 e. The van der Waals surface area contributed by atoms with Gasteiger partial charge in [0.15, 0.2) is 0 Å². The van der Waals surface area contributed by atoms with E-state index in [1.165, 1.54) is 12.5 Å². The summed E-state index contributed by atoms with van der Waals surface area (Å²) in [5.74, 6) is -0.0345. The molecule has 0 saturated carbocycles. The summed E-state index contributed by atoms with van der Waals surface area (Å²) in [6.07, 6.45) is 4.34. The third kappa shape index (κ3) is 4.59. The lowest BCUT2D eigenvalue weighted by molar-refractivity contribution is -0.119. The summed E-state index contributed by atoms with van der Waals surface area (Å²) in [6, 6.07) is 16.4. The number of nitrogens with one attached hydrogen (secondary N) is 1. The summed E-state index contributed by atoms with van der Waals surface area (Å²) in [7, 11) is 0. The van der Waals surface area contributed by atoms with E-state index in [0.717, 1.165) is 36.1 Å². The second kappa shape index (κ2) is 9.39. The molecule has 3 aromatic rings. The van der Waals surface area contributed by atoms with Gasteiger partial charge in [-0.3, -0.25) is 9.59 Å². The Kier molecular flexibility index (Phi) is 6.40. The molecular weight excluding hydrogens is 400 g/mol. The van der Waals surface area contributed by atoms with Crippen LogP contribution in [0.25, 0.3) is 16.9 Å². The Morgan fingerprint density at radius 3 is 2.38 bits per heavy atom. The molecule has 6 heteroatoms. The monoisotopic (exact) mass is 430 g/mol. The van der Waals surface area contributed by atoms with E-state index in [-0.39, 0.29) is 17.9 Å². The molecule has 1 fully saturated rings. The largest absolute Gasteiger partial charge is 0.353 e. The molecule has 0 aliphatic carbocycles. The highest BCUT2D eigenvalue weighted by Gasteiger charge is 2.28. The van der Waals surface area contributed by atoms with Crippen molar-refractivity contribution in [2.24, 2.45) is 0 Å². The van der Waals surface area contributed by atoms with Gasteiger partial charge in [-0.05, 0) is 43.4 Å². The number of aromatic nitrogens is 2. The van der Waals surface area contributed by atoms with Gasteiger partial charge < -0.3 is 10.2 Å². The van der Waals surface area contributed by atoms with Crippen LogP contribution >= 0.6 is 0 Å². The number of hydrogen-bond donors (Lipinski definition) is 1. The highest BCUT2D eigenvalue weighted by atomic mass is 16.2. The predicted molar refractivity (Wildman–Crippen MR) is 126 cm³/mol. The fourth-order valence-corrected chi connectivity index (χ4v) is 4.27. The Balaban J connectivity index is 1.67. The molecule has 166 valence electrons. The van der Waals surface area contributed by atoms with Crippen LogP contribution in [-0.4, -0.2) is 45.6 Å². The fourth-order valence-electron chi connectivity index (χ4n) is 4.27. The Bertz CT molecular complexity index is 1110. The van der Waals surface area contributed by atoms with E-state index < -0.39 is 0 Å². The third-order valence-electron chi connectivity index (χ3n) is 6.13. The normalized spacial score (nSPS) is 14.4. The van der Waals surface area contributed by atoms with Gasteiger partial charge in [-0.1, -0.05) is 49.4 Å². The number of carbonyl (C=O) groups is 2. The van der Waals surface area contributed by atoms with Crippen LogP contribution in [0.15, 0.2) is 54.7 Å². The number of carbonyl (C=O) groups excluding carboxylic acids is 2. The molecule has 2 aromatic carbocycles. The minimum absolute atomic E-state index is 0.0133. The number of hydrogen-bond acceptors (Lipinski definition) is 3. The summed E-state index contributed by atoms with van der Waals surface area (Å²) in [5.41, 5.74) is 5.55. The van der Waals surface area contributed by atoms with E-state index in [0.29, 0.717) is 24.3 Å². The highest BCUT2D eigenvalue weighted by Crippen LogP contribution is 2.27. The van der Waals surface area contributed by atoms with Crippen LogP contribution in [0.2, 0.25) is 0 Å². The molecule has 0 unspecified atom stereocenters. The van der Waals surface area contributed by atoms with Gasteiger partial charge in [-0.2, -0.15) is 5.10 Å². The first-order chi connectivity index (χ1) is 15.5. The maximum atomic E-state index is 13.6. The van der Waals surface area contributed by atoms with Crippen molar-refractivity contribution in [2.75, 3.05) is 13.1 Å². The third-order valence-corrected chi connectivity index (χ3v) is 6.13. The Labute approximate surface area is 189 Å². The Morgan fingerprint density at radius 2 is 1.75 bits per heavy atom. The SMILES string of the molecule is CCc1ccc(-c2nn(-c3ccccc3C)cc2C(=O)N2CCC(NC(C)=O)CC2)cc1. The molecular formula is C26H30N4O2. The number of benzene rings is 2. The van der Waals surface area contributed by atoms with Gasteiger partial charge in [-0.25, -0.2) is 4.68 Å². The molecule has 1 aromatic heterocycles. The van der Waals surface area contributed by atoms with Crippen molar-refractivity contribution < 1.29 is 9.59 Å². The Morgan fingerprint density at radius 1 is 1.06 bits per heavy atom. The van der Waals surface area contributed by atoms with Crippen LogP contribution in [0.5, 0.6) is 0 Å². The minimum atomic E-state index is -0.0212. The first kappa shape index (κ1) is 21.8. The number of piperidine rings is 1. The molecule has 2 heterocycles. The zero-order chi connectivity index (χ0) is 22.7. The summed E-state index contributed by atoms with van der Waals surface area (Å²) in [5, 5.41) is 7.82. The molecule has 2 amide bonds. The van der Waals surface area contributed by atoms with Crippen molar-refractivity contribution in [1.82, 2.24) is 20.0 Å². The molecule has 6 nitrogen and oxygen atoms in total. The van der Waals surface area contributed by atoms with Crippen molar-refractivity contribution in [3.8, 4) is 16.9 Å². The molecule has 0 spiro atoms. The van der Waals surface area contributed by atoms with E-state index in [4.69, 9.17) is 5.10 Å². The van der Waals surface area contributed by atoms with Crippen molar-refractivity contribution in [2.45, 2.75) is 46.1 Å². The maximum Gasteiger partial charge on any atom is 0.257 e. The van der Waals surface area contributed by atoms with Gasteiger partial charge in [0, 0.05) is 37.8 Å². The molecule has 1 aliphatic rings. The fraction of sp³-hybridized carbons (Fsp3) is 0.346. The molecule has 0 bridgehead atoms. The van der Waals surface area contributed by atoms with Gasteiger partial charge in [0.1, 0.15) is 5.69 Å². The van der Waals surface area contributed by atoms with E-state index in [1.54, 1.807) is 0 Å². The lowest BCUT2D eigenvalue weighted by atomic mass is 10.0. The van der Waals surface area contributed by atoms with Crippen LogP contribution in [0, 0.1) is 6.92 Å². The molecule has 32 heavy (non-hydrogen) atoms. The van der Waals surface area contributed by atoms with E-state index in [2.05, 4.69) is 24.4 Å². The highest BCUT2D eigenvalue weighted by molar-refractivity contribution is 6.00. The van der Waals surface area contributed by atoms with Gasteiger partial charge in [-0.15, -0.1) is 0 Å². The predicted octanol–water partition coefficient (Wildman–Crippen LogP) is 4.15. The van der Waals surface area contributed by atoms with Crippen LogP contribution in [0.3, 0.4) is 0 Å². The summed E-state index contributed by atoms with van der Waals surface area (Å²) < 4.78 is 1.82. The van der Waals surface area contributed by atoms with E-state index in [1.807, 2.05) is 59.1 Å². The zero-order valence-corrected chi connectivity index (χ0v) is 19.0. The van der Waals surface area contributed by atoms with Gasteiger partial charge in [0.05, 0.1) is 11.3 Å². The van der Waals surface area contributed by atoms with E-state index >= 15 is 0 Å². The zero-order valence-electron chi connectivity index (χ0n) is 19.0. The van der Waals surface area contributed by atoms with Crippen molar-refractivity contribution >= 4 is 11.8 Å². The first-order valence-electron chi connectivity index (χ1n) is 11.3. The number of likely N-dealkylation sites (tertiary alicyclic amines) is 1. The second-order valence-corrected chi connectivity index (χ2v) is 8.44. The molecule has 0 radical (unpaired) electrons. The average Bonchev–Trinajstić information content (AvgIpc) is 3.24. The smallest absolute Gasteiger partial charge is 0.257 e. The average molecular weight is 431 g/mol. The van der Waals surface area contributed by atoms with Crippen LogP contribution in [0.1, 0.15) is 48.2 Å². The van der Waals surface area contributed by atoms with Gasteiger partial charge in [0.25, 0.3) is 5.91 Å². The van der Waals surface area contributed by atoms with Crippen molar-refractivity contribution in [3.05, 3.63) is 71.4 Å². The molecule has 1 aliphatic heterocycles. The molecule has 1 N–H and O–H groups in total. The van der Waals surface area contributed by atoms with Gasteiger partial charge >= 0.3 is 0 Å².